The van der Waals surface area contributed by atoms with E-state index in [2.05, 4.69) is 27.8 Å². The highest BCUT2D eigenvalue weighted by Crippen LogP contribution is 2.30. The summed E-state index contributed by atoms with van der Waals surface area (Å²) < 4.78 is 11.2. The number of methoxy groups -OCH3 is 1. The normalized spacial score (nSPS) is 13.5. The minimum absolute atomic E-state index is 0. The van der Waals surface area contributed by atoms with Gasteiger partial charge in [0.1, 0.15) is 11.5 Å². The predicted octanol–water partition coefficient (Wildman–Crippen LogP) is 3.97. The molecule has 146 valence electrons. The zero-order valence-corrected chi connectivity index (χ0v) is 18.2. The van der Waals surface area contributed by atoms with Crippen molar-refractivity contribution in [2.24, 2.45) is 10.9 Å². The molecule has 0 aliphatic heterocycles. The summed E-state index contributed by atoms with van der Waals surface area (Å²) in [6, 6.07) is 16.2. The Kier molecular flexibility index (Phi) is 8.71. The summed E-state index contributed by atoms with van der Waals surface area (Å²) in [5.41, 5.74) is 2.28. The van der Waals surface area contributed by atoms with Crippen molar-refractivity contribution >= 4 is 29.9 Å². The first-order chi connectivity index (χ1) is 12.8. The minimum atomic E-state index is 0. The van der Waals surface area contributed by atoms with Crippen molar-refractivity contribution in [2.45, 2.75) is 25.9 Å². The van der Waals surface area contributed by atoms with E-state index in [0.29, 0.717) is 13.1 Å². The molecule has 2 aromatic rings. The van der Waals surface area contributed by atoms with Crippen LogP contribution in [0.25, 0.3) is 0 Å². The van der Waals surface area contributed by atoms with E-state index in [1.807, 2.05) is 36.4 Å². The molecule has 0 heterocycles. The van der Waals surface area contributed by atoms with Gasteiger partial charge in [-0.1, -0.05) is 30.3 Å². The molecule has 2 aromatic carbocycles. The van der Waals surface area contributed by atoms with Crippen LogP contribution in [0.1, 0.15) is 24.0 Å². The van der Waals surface area contributed by atoms with Gasteiger partial charge in [0.2, 0.25) is 0 Å². The van der Waals surface area contributed by atoms with Crippen molar-refractivity contribution < 1.29 is 9.47 Å². The zero-order chi connectivity index (χ0) is 18.2. The maximum Gasteiger partial charge on any atom is 0.191 e. The Morgan fingerprint density at radius 1 is 1.07 bits per heavy atom. The number of benzene rings is 2. The summed E-state index contributed by atoms with van der Waals surface area (Å²) in [6.07, 6.45) is 2.59. The summed E-state index contributed by atoms with van der Waals surface area (Å²) in [4.78, 5) is 4.30. The molecule has 0 aromatic heterocycles. The van der Waals surface area contributed by atoms with Crippen molar-refractivity contribution in [3.05, 3.63) is 59.7 Å². The lowest BCUT2D eigenvalue weighted by molar-refractivity contribution is 0.296. The Morgan fingerprint density at radius 2 is 1.85 bits per heavy atom. The average molecular weight is 481 g/mol. The predicted molar refractivity (Wildman–Crippen MR) is 120 cm³/mol. The number of hydrogen-bond donors (Lipinski definition) is 2. The summed E-state index contributed by atoms with van der Waals surface area (Å²) in [7, 11) is 3.45. The number of nitrogens with zero attached hydrogens (tertiary/aromatic N) is 1. The Balaban J connectivity index is 0.00000261. The highest BCUT2D eigenvalue weighted by molar-refractivity contribution is 14.0. The molecular formula is C21H28IN3O2. The fourth-order valence-electron chi connectivity index (χ4n) is 2.65. The van der Waals surface area contributed by atoms with Crippen LogP contribution >= 0.6 is 24.0 Å². The van der Waals surface area contributed by atoms with Crippen molar-refractivity contribution in [1.82, 2.24) is 10.6 Å². The van der Waals surface area contributed by atoms with E-state index in [-0.39, 0.29) is 24.0 Å². The fourth-order valence-corrected chi connectivity index (χ4v) is 2.65. The molecule has 6 heteroatoms. The summed E-state index contributed by atoms with van der Waals surface area (Å²) in [5, 5.41) is 6.69. The van der Waals surface area contributed by atoms with Gasteiger partial charge in [-0.15, -0.1) is 24.0 Å². The van der Waals surface area contributed by atoms with Crippen LogP contribution in [-0.4, -0.2) is 26.7 Å². The highest BCUT2D eigenvalue weighted by Gasteiger charge is 2.22. The van der Waals surface area contributed by atoms with Gasteiger partial charge in [0, 0.05) is 25.7 Å². The molecule has 1 saturated carbocycles. The van der Waals surface area contributed by atoms with Gasteiger partial charge < -0.3 is 20.1 Å². The van der Waals surface area contributed by atoms with Crippen LogP contribution < -0.4 is 20.1 Å². The quantitative estimate of drug-likeness (QED) is 0.341. The number of ether oxygens (including phenoxy) is 2. The van der Waals surface area contributed by atoms with E-state index in [9.17, 15) is 0 Å². The van der Waals surface area contributed by atoms with E-state index >= 15 is 0 Å². The molecule has 1 fully saturated rings. The van der Waals surface area contributed by atoms with Crippen molar-refractivity contribution in [1.29, 1.82) is 0 Å². The van der Waals surface area contributed by atoms with E-state index in [1.54, 1.807) is 14.2 Å². The second-order valence-electron chi connectivity index (χ2n) is 6.49. The first-order valence-corrected chi connectivity index (χ1v) is 9.06. The lowest BCUT2D eigenvalue weighted by Crippen LogP contribution is -2.36. The van der Waals surface area contributed by atoms with Crippen LogP contribution in [-0.2, 0) is 13.1 Å². The van der Waals surface area contributed by atoms with Gasteiger partial charge >= 0.3 is 0 Å². The molecular weight excluding hydrogens is 453 g/mol. The smallest absolute Gasteiger partial charge is 0.191 e. The lowest BCUT2D eigenvalue weighted by Gasteiger charge is -2.15. The topological polar surface area (TPSA) is 54.9 Å². The number of guanidine groups is 1. The van der Waals surface area contributed by atoms with Gasteiger partial charge in [0.15, 0.2) is 5.96 Å². The third-order valence-electron chi connectivity index (χ3n) is 4.41. The molecule has 0 amide bonds. The molecule has 0 bridgehead atoms. The highest BCUT2D eigenvalue weighted by atomic mass is 127. The van der Waals surface area contributed by atoms with Crippen LogP contribution in [0.15, 0.2) is 53.5 Å². The lowest BCUT2D eigenvalue weighted by atomic mass is 10.2. The van der Waals surface area contributed by atoms with Crippen molar-refractivity contribution in [3.63, 3.8) is 0 Å². The second-order valence-corrected chi connectivity index (χ2v) is 6.49. The molecule has 2 N–H and O–H groups in total. The van der Waals surface area contributed by atoms with E-state index in [1.165, 1.54) is 12.8 Å². The molecule has 0 unspecified atom stereocenters. The molecule has 5 nitrogen and oxygen atoms in total. The molecule has 27 heavy (non-hydrogen) atoms. The molecule has 1 aliphatic carbocycles. The standard InChI is InChI=1S/C21H27N3O2.HI/c1-22-21(23-13-17-6-5-8-19(12-17)25-2)24-14-18-7-3-4-9-20(18)26-15-16-10-11-16;/h3-9,12,16H,10-11,13-15H2,1-2H3,(H2,22,23,24);1H. The van der Waals surface area contributed by atoms with Crippen LogP contribution in [0.5, 0.6) is 11.5 Å². The first kappa shape index (κ1) is 21.3. The number of para-hydroxylation sites is 1. The van der Waals surface area contributed by atoms with Gasteiger partial charge in [-0.3, -0.25) is 4.99 Å². The van der Waals surface area contributed by atoms with E-state index in [0.717, 1.165) is 41.1 Å². The zero-order valence-electron chi connectivity index (χ0n) is 15.9. The second kappa shape index (κ2) is 11.0. The van der Waals surface area contributed by atoms with Crippen LogP contribution in [0.2, 0.25) is 0 Å². The van der Waals surface area contributed by atoms with Gasteiger partial charge in [-0.2, -0.15) is 0 Å². The molecule has 3 rings (SSSR count). The summed E-state index contributed by atoms with van der Waals surface area (Å²) in [5.74, 6) is 3.31. The van der Waals surface area contributed by atoms with E-state index < -0.39 is 0 Å². The Morgan fingerprint density at radius 3 is 2.59 bits per heavy atom. The van der Waals surface area contributed by atoms with Crippen LogP contribution in [0, 0.1) is 5.92 Å². The molecule has 0 atom stereocenters. The van der Waals surface area contributed by atoms with Crippen molar-refractivity contribution in [2.75, 3.05) is 20.8 Å². The first-order valence-electron chi connectivity index (χ1n) is 9.06. The monoisotopic (exact) mass is 481 g/mol. The average Bonchev–Trinajstić information content (AvgIpc) is 3.52. The maximum atomic E-state index is 5.97. The van der Waals surface area contributed by atoms with Gasteiger partial charge in [0.05, 0.1) is 13.7 Å². The largest absolute Gasteiger partial charge is 0.497 e. The number of aliphatic imine (C=N–C) groups is 1. The Bertz CT molecular complexity index is 748. The Labute approximate surface area is 178 Å². The number of nitrogens with one attached hydrogen (secondary N) is 2. The summed E-state index contributed by atoms with van der Waals surface area (Å²) >= 11 is 0. The molecule has 0 saturated heterocycles. The molecule has 0 spiro atoms. The molecule has 1 aliphatic rings. The van der Waals surface area contributed by atoms with Gasteiger partial charge in [-0.05, 0) is 42.5 Å². The number of halogens is 1. The minimum Gasteiger partial charge on any atom is -0.497 e. The third kappa shape index (κ3) is 6.93. The van der Waals surface area contributed by atoms with Gasteiger partial charge in [0.25, 0.3) is 0 Å². The maximum absolute atomic E-state index is 5.97. The number of rotatable bonds is 8. The Hall–Kier alpha value is -1.96. The summed E-state index contributed by atoms with van der Waals surface area (Å²) in [6.45, 7) is 2.16. The van der Waals surface area contributed by atoms with E-state index in [4.69, 9.17) is 9.47 Å². The number of hydrogen-bond acceptors (Lipinski definition) is 3. The van der Waals surface area contributed by atoms with Crippen LogP contribution in [0.3, 0.4) is 0 Å². The SMILES string of the molecule is CN=C(NCc1cccc(OC)c1)NCc1ccccc1OCC1CC1.I. The van der Waals surface area contributed by atoms with Crippen molar-refractivity contribution in [3.8, 4) is 11.5 Å². The fraction of sp³-hybridized carbons (Fsp3) is 0.381. The third-order valence-corrected chi connectivity index (χ3v) is 4.41. The molecule has 0 radical (unpaired) electrons. The van der Waals surface area contributed by atoms with Gasteiger partial charge in [-0.25, -0.2) is 0 Å². The van der Waals surface area contributed by atoms with Crippen LogP contribution in [0.4, 0.5) is 0 Å².